The van der Waals surface area contributed by atoms with Gasteiger partial charge in [-0.3, -0.25) is 9.69 Å². The molecule has 300 valence electrons. The van der Waals surface area contributed by atoms with Crippen LogP contribution in [0.5, 0.6) is 0 Å². The lowest BCUT2D eigenvalue weighted by Gasteiger charge is -2.33. The first kappa shape index (κ1) is 39.3. The van der Waals surface area contributed by atoms with Gasteiger partial charge in [0.15, 0.2) is 0 Å². The third kappa shape index (κ3) is 8.90. The molecule has 0 aliphatic carbocycles. The van der Waals surface area contributed by atoms with Crippen molar-refractivity contribution in [3.63, 3.8) is 0 Å². The number of aliphatic imine (C=N–C) groups is 1. The molecule has 2 saturated heterocycles. The third-order valence-corrected chi connectivity index (χ3v) is 10.7. The zero-order valence-corrected chi connectivity index (χ0v) is 32.5. The number of imidazole rings is 2. The summed E-state index contributed by atoms with van der Waals surface area (Å²) in [7, 11) is 2.68. The topological polar surface area (TPSA) is 212 Å². The molecule has 0 bridgehead atoms. The van der Waals surface area contributed by atoms with Crippen molar-refractivity contribution < 1.29 is 29.2 Å². The van der Waals surface area contributed by atoms with E-state index in [1.165, 1.54) is 20.6 Å². The second-order valence-corrected chi connectivity index (χ2v) is 14.6. The summed E-state index contributed by atoms with van der Waals surface area (Å²) in [5.41, 5.74) is 6.46. The molecule has 5 heterocycles. The number of nitrogens with zero attached hydrogens (tertiary/aromatic N) is 7. The maximum atomic E-state index is 13.5. The number of aromatic amines is 3. The van der Waals surface area contributed by atoms with Crippen LogP contribution in [0.2, 0.25) is 0 Å². The Morgan fingerprint density at radius 2 is 1.49 bits per heavy atom. The predicted octanol–water partition coefficient (Wildman–Crippen LogP) is 4.97. The van der Waals surface area contributed by atoms with E-state index in [1.54, 1.807) is 6.20 Å². The number of hydrogen-bond donors (Lipinski definition) is 5. The normalized spacial score (nSPS) is 18.9. The van der Waals surface area contributed by atoms with Crippen molar-refractivity contribution in [3.05, 3.63) is 84.5 Å². The summed E-state index contributed by atoms with van der Waals surface area (Å²) in [6.45, 7) is 5.20. The zero-order valence-electron chi connectivity index (χ0n) is 32.5. The number of nitrogens with one attached hydrogen (secondary N) is 4. The van der Waals surface area contributed by atoms with Gasteiger partial charge in [-0.2, -0.15) is 20.3 Å². The second-order valence-electron chi connectivity index (χ2n) is 14.6. The summed E-state index contributed by atoms with van der Waals surface area (Å²) in [4.78, 5) is 59.6. The van der Waals surface area contributed by atoms with Crippen LogP contribution >= 0.6 is 0 Å². The molecule has 0 spiro atoms. The van der Waals surface area contributed by atoms with E-state index < -0.39 is 24.4 Å². The minimum Gasteiger partial charge on any atom is -0.453 e. The standard InChI is InChI=1S/C40H49N11O6/c1-24(2)35(43-23-57-56-4)39(53)51-18-6-8-34(51)37-42-22-32(46-37)28-15-11-26(12-16-28)25-9-13-27(14-10-25)31-21-41-36(45-31)33-7-5-17-50(33)38(52)30(47-40(54)55-3)19-29-20-44-49-48-29/h9-16,20-24,30,33-35,38,52H,5-8,17-19H2,1-4H3,(H,41,45)(H,42,46)(H,47,54)(H,44,48,49)/t30-,33+,34+,35+,38?/m1/s1. The molecule has 7 rings (SSSR count). The number of alkyl carbamates (subject to hydrolysis) is 1. The number of carbonyl (C=O) groups is 2. The highest BCUT2D eigenvalue weighted by Crippen LogP contribution is 2.36. The summed E-state index contributed by atoms with van der Waals surface area (Å²) in [6.07, 6.45) is 8.37. The van der Waals surface area contributed by atoms with Gasteiger partial charge in [-0.05, 0) is 53.9 Å². The fraction of sp³-hybridized carbons (Fsp3) is 0.425. The molecule has 0 saturated carbocycles. The van der Waals surface area contributed by atoms with Crippen molar-refractivity contribution in [1.82, 2.24) is 50.5 Å². The lowest BCUT2D eigenvalue weighted by Crippen LogP contribution is -2.52. The first-order valence-electron chi connectivity index (χ1n) is 19.2. The predicted molar refractivity (Wildman–Crippen MR) is 210 cm³/mol. The molecule has 57 heavy (non-hydrogen) atoms. The Bertz CT molecular complexity index is 2100. The molecule has 0 radical (unpaired) electrons. The van der Waals surface area contributed by atoms with Gasteiger partial charge in [0.1, 0.15) is 23.9 Å². The SMILES string of the molecule is COOC=N[C@H](C(=O)N1CCC[C@H]1c1ncc(-c2ccc(-c3ccc(-c4cnc([C@@H]5CCCN5C(O)[C@@H](Cc5cn[nH]n5)NC(=O)OC)[nH]4)cc3)cc2)[nH]1)C(C)C. The van der Waals surface area contributed by atoms with E-state index in [0.29, 0.717) is 18.8 Å². The molecule has 3 aromatic heterocycles. The van der Waals surface area contributed by atoms with Crippen molar-refractivity contribution in [3.8, 4) is 33.6 Å². The Hall–Kier alpha value is -5.91. The van der Waals surface area contributed by atoms with Gasteiger partial charge < -0.3 is 34.9 Å². The first-order chi connectivity index (χ1) is 27.7. The number of aromatic nitrogens is 7. The molecular weight excluding hydrogens is 731 g/mol. The van der Waals surface area contributed by atoms with E-state index in [-0.39, 0.29) is 30.3 Å². The van der Waals surface area contributed by atoms with Gasteiger partial charge in [-0.1, -0.05) is 62.4 Å². The van der Waals surface area contributed by atoms with Crippen LogP contribution in [0.1, 0.15) is 69.0 Å². The number of aliphatic hydroxyl groups excluding tert-OH is 1. The molecule has 5 N–H and O–H groups in total. The van der Waals surface area contributed by atoms with Crippen LogP contribution in [-0.4, -0.2) is 114 Å². The van der Waals surface area contributed by atoms with Gasteiger partial charge in [0, 0.05) is 19.5 Å². The van der Waals surface area contributed by atoms with Gasteiger partial charge in [0.05, 0.1) is 68.0 Å². The summed E-state index contributed by atoms with van der Waals surface area (Å²) < 4.78 is 4.82. The molecule has 2 fully saturated rings. The Kier molecular flexibility index (Phi) is 12.4. The van der Waals surface area contributed by atoms with Crippen molar-refractivity contribution >= 4 is 18.4 Å². The van der Waals surface area contributed by atoms with Crippen molar-refractivity contribution in [2.75, 3.05) is 27.3 Å². The molecule has 5 aromatic rings. The Morgan fingerprint density at radius 3 is 2.07 bits per heavy atom. The third-order valence-electron chi connectivity index (χ3n) is 10.7. The molecule has 5 atom stereocenters. The molecule has 2 aromatic carbocycles. The van der Waals surface area contributed by atoms with Gasteiger partial charge in [-0.25, -0.2) is 19.8 Å². The quantitative estimate of drug-likeness (QED) is 0.0414. The average molecular weight is 780 g/mol. The number of aliphatic hydroxyl groups is 1. The summed E-state index contributed by atoms with van der Waals surface area (Å²) >= 11 is 0. The second kappa shape index (κ2) is 17.9. The van der Waals surface area contributed by atoms with Gasteiger partial charge in [0.25, 0.3) is 0 Å². The number of benzene rings is 2. The summed E-state index contributed by atoms with van der Waals surface area (Å²) in [6, 6.07) is 15.0. The number of rotatable bonds is 15. The van der Waals surface area contributed by atoms with E-state index in [1.807, 2.05) is 36.0 Å². The number of likely N-dealkylation sites (tertiary alicyclic amines) is 2. The van der Waals surface area contributed by atoms with Crippen LogP contribution in [-0.2, 0) is 25.7 Å². The van der Waals surface area contributed by atoms with Crippen LogP contribution in [0, 0.1) is 5.92 Å². The summed E-state index contributed by atoms with van der Waals surface area (Å²) in [5.74, 6) is 1.44. The van der Waals surface area contributed by atoms with Crippen molar-refractivity contribution in [2.24, 2.45) is 10.9 Å². The van der Waals surface area contributed by atoms with Gasteiger partial charge >= 0.3 is 6.09 Å². The zero-order chi connectivity index (χ0) is 39.9. The van der Waals surface area contributed by atoms with Gasteiger partial charge in [0.2, 0.25) is 12.3 Å². The number of methoxy groups -OCH3 is 1. The van der Waals surface area contributed by atoms with E-state index >= 15 is 0 Å². The fourth-order valence-electron chi connectivity index (χ4n) is 7.75. The Morgan fingerprint density at radius 1 is 0.895 bits per heavy atom. The van der Waals surface area contributed by atoms with Crippen LogP contribution in [0.15, 0.2) is 72.1 Å². The molecule has 2 amide bonds. The highest BCUT2D eigenvalue weighted by atomic mass is 17.2. The number of H-pyrrole nitrogens is 3. The molecule has 17 nitrogen and oxygen atoms in total. The number of amides is 2. The molecule has 2 aliphatic rings. The van der Waals surface area contributed by atoms with E-state index in [0.717, 1.165) is 71.0 Å². The minimum absolute atomic E-state index is 0.0126. The highest BCUT2D eigenvalue weighted by molar-refractivity contribution is 5.84. The number of hydrogen-bond acceptors (Lipinski definition) is 12. The number of carbonyl (C=O) groups excluding carboxylic acids is 2. The van der Waals surface area contributed by atoms with Crippen LogP contribution in [0.4, 0.5) is 4.79 Å². The Balaban J connectivity index is 0.995. The molecular formula is C40H49N11O6. The molecule has 1 unspecified atom stereocenters. The van der Waals surface area contributed by atoms with E-state index in [4.69, 9.17) is 19.6 Å². The van der Waals surface area contributed by atoms with Crippen LogP contribution < -0.4 is 5.32 Å². The molecule has 17 heteroatoms. The first-order valence-corrected chi connectivity index (χ1v) is 19.2. The Labute approximate surface area is 330 Å². The van der Waals surface area contributed by atoms with E-state index in [2.05, 4.69) is 89.1 Å². The lowest BCUT2D eigenvalue weighted by atomic mass is 10.0. The summed E-state index contributed by atoms with van der Waals surface area (Å²) in [5, 5.41) is 24.8. The smallest absolute Gasteiger partial charge is 0.407 e. The van der Waals surface area contributed by atoms with Crippen molar-refractivity contribution in [2.45, 2.75) is 76.3 Å². The number of ether oxygens (including phenoxy) is 1. The lowest BCUT2D eigenvalue weighted by molar-refractivity contribution is -0.188. The monoisotopic (exact) mass is 779 g/mol. The average Bonchev–Trinajstić information content (AvgIpc) is 4.08. The van der Waals surface area contributed by atoms with E-state index in [9.17, 15) is 14.7 Å². The fourth-order valence-corrected chi connectivity index (χ4v) is 7.75. The largest absolute Gasteiger partial charge is 0.453 e. The molecule has 2 aliphatic heterocycles. The minimum atomic E-state index is -1.01. The maximum Gasteiger partial charge on any atom is 0.407 e. The highest BCUT2D eigenvalue weighted by Gasteiger charge is 2.38. The van der Waals surface area contributed by atoms with Crippen molar-refractivity contribution in [1.29, 1.82) is 0 Å². The van der Waals surface area contributed by atoms with Crippen LogP contribution in [0.3, 0.4) is 0 Å². The maximum absolute atomic E-state index is 13.5. The van der Waals surface area contributed by atoms with Crippen LogP contribution in [0.25, 0.3) is 33.6 Å². The van der Waals surface area contributed by atoms with Gasteiger partial charge in [-0.15, -0.1) is 0 Å².